The average molecular weight is 379 g/mol. The van der Waals surface area contributed by atoms with Gasteiger partial charge in [-0.25, -0.2) is 0 Å². The molecule has 146 valence electrons. The van der Waals surface area contributed by atoms with Crippen LogP contribution in [0.5, 0.6) is 11.5 Å². The number of benzene rings is 2. The normalized spacial score (nSPS) is 16.7. The van der Waals surface area contributed by atoms with Gasteiger partial charge in [0.1, 0.15) is 13.2 Å². The fourth-order valence-electron chi connectivity index (χ4n) is 3.82. The van der Waals surface area contributed by atoms with E-state index in [1.54, 1.807) is 6.07 Å². The number of piperidine rings is 1. The highest BCUT2D eigenvalue weighted by Gasteiger charge is 2.28. The first kappa shape index (κ1) is 18.5. The first-order valence-corrected chi connectivity index (χ1v) is 9.87. The van der Waals surface area contributed by atoms with Gasteiger partial charge in [-0.15, -0.1) is 0 Å². The van der Waals surface area contributed by atoms with Crippen LogP contribution < -0.4 is 9.47 Å². The zero-order valence-electron chi connectivity index (χ0n) is 16.1. The molecule has 0 bridgehead atoms. The van der Waals surface area contributed by atoms with E-state index in [0.717, 1.165) is 5.56 Å². The highest BCUT2D eigenvalue weighted by molar-refractivity contribution is 5.98. The third kappa shape index (κ3) is 4.03. The van der Waals surface area contributed by atoms with E-state index in [0.29, 0.717) is 62.6 Å². The number of likely N-dealkylation sites (tertiary alicyclic amines) is 1. The van der Waals surface area contributed by atoms with E-state index in [9.17, 15) is 9.59 Å². The maximum absolute atomic E-state index is 12.9. The van der Waals surface area contributed by atoms with E-state index in [-0.39, 0.29) is 17.6 Å². The number of ketones is 1. The molecule has 1 amide bonds. The van der Waals surface area contributed by atoms with Gasteiger partial charge in [-0.2, -0.15) is 0 Å². The molecule has 2 aromatic rings. The van der Waals surface area contributed by atoms with Gasteiger partial charge in [0.2, 0.25) is 5.91 Å². The summed E-state index contributed by atoms with van der Waals surface area (Å²) in [6.07, 6.45) is 1.82. The molecule has 1 saturated heterocycles. The van der Waals surface area contributed by atoms with Gasteiger partial charge >= 0.3 is 0 Å². The molecular weight excluding hydrogens is 354 g/mol. The summed E-state index contributed by atoms with van der Waals surface area (Å²) in [4.78, 5) is 27.3. The number of carbonyl (C=O) groups is 2. The number of Topliss-reactive ketones (excluding diaryl/α,β-unsaturated/α-hetero) is 1. The van der Waals surface area contributed by atoms with Crippen LogP contribution in [0.15, 0.2) is 42.5 Å². The third-order valence-corrected chi connectivity index (χ3v) is 5.52. The fraction of sp³-hybridized carbons (Fsp3) is 0.391. The van der Waals surface area contributed by atoms with Crippen LogP contribution in [0, 0.1) is 12.8 Å². The topological polar surface area (TPSA) is 55.8 Å². The summed E-state index contributed by atoms with van der Waals surface area (Å²) in [5.41, 5.74) is 2.88. The van der Waals surface area contributed by atoms with E-state index in [1.807, 2.05) is 48.2 Å². The van der Waals surface area contributed by atoms with Crippen molar-refractivity contribution in [3.8, 4) is 11.5 Å². The molecule has 0 unspecified atom stereocenters. The van der Waals surface area contributed by atoms with Gasteiger partial charge in [-0.1, -0.05) is 29.8 Å². The Morgan fingerprint density at radius 2 is 1.64 bits per heavy atom. The molecule has 0 aliphatic carbocycles. The Bertz CT molecular complexity index is 867. The predicted molar refractivity (Wildman–Crippen MR) is 106 cm³/mol. The molecule has 4 rings (SSSR count). The summed E-state index contributed by atoms with van der Waals surface area (Å²) in [5.74, 6) is 1.55. The van der Waals surface area contributed by atoms with Crippen LogP contribution in [0.1, 0.15) is 34.3 Å². The van der Waals surface area contributed by atoms with Crippen molar-refractivity contribution < 1.29 is 19.1 Å². The summed E-state index contributed by atoms with van der Waals surface area (Å²) in [6, 6.07) is 13.5. The largest absolute Gasteiger partial charge is 0.486 e. The third-order valence-electron chi connectivity index (χ3n) is 5.52. The number of fused-ring (bicyclic) bond motifs is 1. The van der Waals surface area contributed by atoms with Crippen LogP contribution in [0.2, 0.25) is 0 Å². The van der Waals surface area contributed by atoms with Gasteiger partial charge in [0.05, 0.1) is 6.42 Å². The molecule has 0 aromatic heterocycles. The first-order chi connectivity index (χ1) is 13.6. The lowest BCUT2D eigenvalue weighted by Gasteiger charge is -2.31. The number of hydrogen-bond donors (Lipinski definition) is 0. The minimum absolute atomic E-state index is 0.0500. The maximum Gasteiger partial charge on any atom is 0.226 e. The molecule has 2 aliphatic rings. The molecule has 28 heavy (non-hydrogen) atoms. The van der Waals surface area contributed by atoms with Crippen molar-refractivity contribution >= 4 is 11.7 Å². The van der Waals surface area contributed by atoms with Gasteiger partial charge in [0.25, 0.3) is 0 Å². The second kappa shape index (κ2) is 8.05. The van der Waals surface area contributed by atoms with Crippen molar-refractivity contribution in [3.05, 3.63) is 59.2 Å². The highest BCUT2D eigenvalue weighted by atomic mass is 16.6. The fourth-order valence-corrected chi connectivity index (χ4v) is 3.82. The molecule has 2 aliphatic heterocycles. The van der Waals surface area contributed by atoms with Crippen LogP contribution in [0.4, 0.5) is 0 Å². The van der Waals surface area contributed by atoms with E-state index in [1.165, 1.54) is 5.56 Å². The van der Waals surface area contributed by atoms with Crippen molar-refractivity contribution in [3.63, 3.8) is 0 Å². The number of amides is 1. The van der Waals surface area contributed by atoms with Gasteiger partial charge in [-0.05, 0) is 43.5 Å². The number of rotatable bonds is 4. The second-order valence-electron chi connectivity index (χ2n) is 7.54. The van der Waals surface area contributed by atoms with E-state index >= 15 is 0 Å². The van der Waals surface area contributed by atoms with Crippen LogP contribution in [-0.2, 0) is 11.2 Å². The SMILES string of the molecule is Cc1ccc(CC(=O)N2CCC(C(=O)c3ccc4c(c3)OCCO4)CC2)cc1. The summed E-state index contributed by atoms with van der Waals surface area (Å²) >= 11 is 0. The lowest BCUT2D eigenvalue weighted by Crippen LogP contribution is -2.41. The van der Waals surface area contributed by atoms with Gasteiger partial charge < -0.3 is 14.4 Å². The van der Waals surface area contributed by atoms with Gasteiger partial charge in [0.15, 0.2) is 17.3 Å². The smallest absolute Gasteiger partial charge is 0.226 e. The van der Waals surface area contributed by atoms with Crippen molar-refractivity contribution in [2.75, 3.05) is 26.3 Å². The van der Waals surface area contributed by atoms with Crippen molar-refractivity contribution in [1.82, 2.24) is 4.90 Å². The van der Waals surface area contributed by atoms with Crippen molar-refractivity contribution in [2.45, 2.75) is 26.2 Å². The number of hydrogen-bond acceptors (Lipinski definition) is 4. The lowest BCUT2D eigenvalue weighted by molar-refractivity contribution is -0.131. The Kier molecular flexibility index (Phi) is 5.33. The molecule has 0 N–H and O–H groups in total. The summed E-state index contributed by atoms with van der Waals surface area (Å²) in [6.45, 7) is 4.34. The predicted octanol–water partition coefficient (Wildman–Crippen LogP) is 3.43. The molecule has 0 radical (unpaired) electrons. The zero-order valence-corrected chi connectivity index (χ0v) is 16.1. The summed E-state index contributed by atoms with van der Waals surface area (Å²) in [7, 11) is 0. The van der Waals surface area contributed by atoms with Crippen LogP contribution >= 0.6 is 0 Å². The lowest BCUT2D eigenvalue weighted by atomic mass is 9.88. The zero-order chi connectivity index (χ0) is 19.5. The minimum Gasteiger partial charge on any atom is -0.486 e. The molecule has 2 aromatic carbocycles. The van der Waals surface area contributed by atoms with E-state index < -0.39 is 0 Å². The molecule has 0 saturated carbocycles. The maximum atomic E-state index is 12.9. The Hall–Kier alpha value is -2.82. The monoisotopic (exact) mass is 379 g/mol. The van der Waals surface area contributed by atoms with E-state index in [2.05, 4.69) is 0 Å². The standard InChI is InChI=1S/C23H25NO4/c1-16-2-4-17(5-3-16)14-22(25)24-10-8-18(9-11-24)23(26)19-6-7-20-21(15-19)28-13-12-27-20/h2-7,15,18H,8-14H2,1H3. The van der Waals surface area contributed by atoms with Crippen LogP contribution in [-0.4, -0.2) is 42.9 Å². The number of ether oxygens (including phenoxy) is 2. The number of nitrogens with zero attached hydrogens (tertiary/aromatic N) is 1. The Labute approximate surface area is 165 Å². The number of aryl methyl sites for hydroxylation is 1. The molecule has 2 heterocycles. The average Bonchev–Trinajstić information content (AvgIpc) is 2.74. The molecule has 5 heteroatoms. The molecule has 5 nitrogen and oxygen atoms in total. The quantitative estimate of drug-likeness (QED) is 0.764. The van der Waals surface area contributed by atoms with Crippen molar-refractivity contribution in [1.29, 1.82) is 0 Å². The molecule has 1 fully saturated rings. The molecule has 0 atom stereocenters. The van der Waals surface area contributed by atoms with Crippen LogP contribution in [0.3, 0.4) is 0 Å². The molecular formula is C23H25NO4. The van der Waals surface area contributed by atoms with Crippen LogP contribution in [0.25, 0.3) is 0 Å². The van der Waals surface area contributed by atoms with Gasteiger partial charge in [0, 0.05) is 24.6 Å². The summed E-state index contributed by atoms with van der Waals surface area (Å²) in [5, 5.41) is 0. The van der Waals surface area contributed by atoms with Gasteiger partial charge in [-0.3, -0.25) is 9.59 Å². The Morgan fingerprint density at radius 3 is 2.36 bits per heavy atom. The number of carbonyl (C=O) groups excluding carboxylic acids is 2. The van der Waals surface area contributed by atoms with Crippen molar-refractivity contribution in [2.24, 2.45) is 5.92 Å². The first-order valence-electron chi connectivity index (χ1n) is 9.87. The highest BCUT2D eigenvalue weighted by Crippen LogP contribution is 2.32. The summed E-state index contributed by atoms with van der Waals surface area (Å²) < 4.78 is 11.1. The Balaban J connectivity index is 1.34. The second-order valence-corrected chi connectivity index (χ2v) is 7.54. The Morgan fingerprint density at radius 1 is 0.964 bits per heavy atom. The molecule has 0 spiro atoms. The van der Waals surface area contributed by atoms with E-state index in [4.69, 9.17) is 9.47 Å². The minimum atomic E-state index is -0.0500.